The maximum atomic E-state index is 4.93. The summed E-state index contributed by atoms with van der Waals surface area (Å²) in [6, 6.07) is 0. The Morgan fingerprint density at radius 1 is 1.40 bits per heavy atom. The van der Waals surface area contributed by atoms with Gasteiger partial charge in [0.15, 0.2) is 0 Å². The van der Waals surface area contributed by atoms with Crippen LogP contribution in [0, 0.1) is 24.4 Å². The van der Waals surface area contributed by atoms with E-state index >= 15 is 0 Å². The lowest BCUT2D eigenvalue weighted by atomic mass is 10.7. The fourth-order valence-corrected chi connectivity index (χ4v) is 0.355. The number of hydrogen-bond acceptors (Lipinski definition) is 2. The van der Waals surface area contributed by atoms with Crippen molar-refractivity contribution in [2.24, 2.45) is 0 Å². The lowest BCUT2D eigenvalue weighted by molar-refractivity contribution is 0.113. The Hall–Kier alpha value is -1.12. The molecule has 0 radical (unpaired) electrons. The number of terminal acetylenes is 1. The number of hydrogen-bond donors (Lipinski definition) is 0. The van der Waals surface area contributed by atoms with E-state index in [9.17, 15) is 0 Å². The molecule has 0 amide bonds. The zero-order valence-electron chi connectivity index (χ0n) is 6.02. The largest absolute Gasteiger partial charge is 0.444 e. The molecule has 0 bridgehead atoms. The summed E-state index contributed by atoms with van der Waals surface area (Å²) in [6.45, 7) is 3.02. The molecule has 2 nitrogen and oxygen atoms in total. The van der Waals surface area contributed by atoms with Crippen molar-refractivity contribution in [3.8, 4) is 24.4 Å². The first-order valence-electron chi connectivity index (χ1n) is 2.96. The highest BCUT2D eigenvalue weighted by atomic mass is 16.5. The predicted octanol–water partition coefficient (Wildman–Crippen LogP) is 0.634. The molecular weight excluding hydrogens is 128 g/mol. The summed E-state index contributed by atoms with van der Waals surface area (Å²) in [5, 5.41) is 0. The molecule has 0 saturated carbocycles. The third kappa shape index (κ3) is 6.88. The summed E-state index contributed by atoms with van der Waals surface area (Å²) in [5.41, 5.74) is 0. The van der Waals surface area contributed by atoms with Crippen LogP contribution >= 0.6 is 0 Å². The molecule has 0 aromatic carbocycles. The molecule has 0 atom stereocenters. The molecule has 0 aliphatic heterocycles. The van der Waals surface area contributed by atoms with Crippen molar-refractivity contribution in [1.82, 2.24) is 0 Å². The Morgan fingerprint density at radius 3 is 2.80 bits per heavy atom. The smallest absolute Gasteiger partial charge is 0.123 e. The average molecular weight is 138 g/mol. The zero-order valence-corrected chi connectivity index (χ0v) is 6.02. The minimum atomic E-state index is 0.336. The van der Waals surface area contributed by atoms with Gasteiger partial charge in [0.05, 0.1) is 6.61 Å². The van der Waals surface area contributed by atoms with Gasteiger partial charge in [-0.15, -0.1) is 6.42 Å². The molecule has 0 spiro atoms. The molecule has 0 saturated heterocycles. The van der Waals surface area contributed by atoms with Gasteiger partial charge in [-0.05, 0) is 0 Å². The highest BCUT2D eigenvalue weighted by Gasteiger charge is 1.82. The van der Waals surface area contributed by atoms with Crippen LogP contribution in [-0.4, -0.2) is 19.8 Å². The van der Waals surface area contributed by atoms with Gasteiger partial charge < -0.3 is 9.47 Å². The van der Waals surface area contributed by atoms with E-state index in [1.54, 1.807) is 6.92 Å². The molecular formula is C8H10O2. The van der Waals surface area contributed by atoms with E-state index in [4.69, 9.17) is 15.9 Å². The van der Waals surface area contributed by atoms with Gasteiger partial charge in [0, 0.05) is 6.92 Å². The quantitative estimate of drug-likeness (QED) is 0.419. The molecule has 0 fully saturated rings. The molecule has 0 unspecified atom stereocenters. The first kappa shape index (κ1) is 8.88. The summed E-state index contributed by atoms with van der Waals surface area (Å²) in [7, 11) is 0. The Balaban J connectivity index is 2.90. The second kappa shape index (κ2) is 7.88. The van der Waals surface area contributed by atoms with Crippen molar-refractivity contribution in [1.29, 1.82) is 0 Å². The Morgan fingerprint density at radius 2 is 2.20 bits per heavy atom. The van der Waals surface area contributed by atoms with Crippen LogP contribution in [0.25, 0.3) is 0 Å². The highest BCUT2D eigenvalue weighted by Crippen LogP contribution is 1.74. The van der Waals surface area contributed by atoms with E-state index in [0.717, 1.165) is 0 Å². The molecule has 0 aromatic heterocycles. The van der Waals surface area contributed by atoms with Crippen LogP contribution in [0.3, 0.4) is 0 Å². The monoisotopic (exact) mass is 138 g/mol. The van der Waals surface area contributed by atoms with Gasteiger partial charge in [-0.25, -0.2) is 0 Å². The van der Waals surface area contributed by atoms with Crippen molar-refractivity contribution in [3.63, 3.8) is 0 Å². The van der Waals surface area contributed by atoms with Crippen LogP contribution in [0.15, 0.2) is 0 Å². The fraction of sp³-hybridized carbons (Fsp3) is 0.500. The van der Waals surface area contributed by atoms with E-state index in [1.807, 2.05) is 0 Å². The van der Waals surface area contributed by atoms with E-state index in [1.165, 1.54) is 0 Å². The van der Waals surface area contributed by atoms with Crippen LogP contribution in [0.5, 0.6) is 0 Å². The third-order valence-electron chi connectivity index (χ3n) is 0.689. The van der Waals surface area contributed by atoms with Crippen LogP contribution in [0.2, 0.25) is 0 Å². The van der Waals surface area contributed by atoms with Crippen molar-refractivity contribution in [2.45, 2.75) is 6.92 Å². The molecule has 10 heavy (non-hydrogen) atoms. The SMILES string of the molecule is C#CCOCCOC#CC. The second-order valence-corrected chi connectivity index (χ2v) is 1.46. The first-order valence-corrected chi connectivity index (χ1v) is 2.96. The van der Waals surface area contributed by atoms with Crippen LogP contribution < -0.4 is 0 Å². The molecule has 2 heteroatoms. The van der Waals surface area contributed by atoms with Crippen molar-refractivity contribution in [2.75, 3.05) is 19.8 Å². The first-order chi connectivity index (χ1) is 4.91. The lowest BCUT2D eigenvalue weighted by Crippen LogP contribution is -2.01. The minimum Gasteiger partial charge on any atom is -0.444 e. The Bertz CT molecular complexity index is 156. The van der Waals surface area contributed by atoms with Crippen LogP contribution in [0.4, 0.5) is 0 Å². The second-order valence-electron chi connectivity index (χ2n) is 1.46. The van der Waals surface area contributed by atoms with E-state index < -0.39 is 0 Å². The van der Waals surface area contributed by atoms with Gasteiger partial charge in [-0.2, -0.15) is 0 Å². The van der Waals surface area contributed by atoms with Crippen molar-refractivity contribution < 1.29 is 9.47 Å². The normalized spacial score (nSPS) is 7.20. The maximum absolute atomic E-state index is 4.93. The Kier molecular flexibility index (Phi) is 7.00. The van der Waals surface area contributed by atoms with Gasteiger partial charge in [0.2, 0.25) is 0 Å². The molecule has 0 N–H and O–H groups in total. The zero-order chi connectivity index (χ0) is 7.66. The van der Waals surface area contributed by atoms with Gasteiger partial charge >= 0.3 is 0 Å². The van der Waals surface area contributed by atoms with Crippen LogP contribution in [0.1, 0.15) is 6.92 Å². The third-order valence-corrected chi connectivity index (χ3v) is 0.689. The summed E-state index contributed by atoms with van der Waals surface area (Å²) in [4.78, 5) is 0. The Labute approximate surface area is 61.5 Å². The number of ether oxygens (including phenoxy) is 2. The van der Waals surface area contributed by atoms with Crippen molar-refractivity contribution >= 4 is 0 Å². The summed E-state index contributed by atoms with van der Waals surface area (Å²) < 4.78 is 9.68. The predicted molar refractivity (Wildman–Crippen MR) is 39.1 cm³/mol. The molecule has 0 rings (SSSR count). The van der Waals surface area contributed by atoms with E-state index in [2.05, 4.69) is 17.9 Å². The molecule has 0 aliphatic rings. The van der Waals surface area contributed by atoms with Crippen molar-refractivity contribution in [3.05, 3.63) is 0 Å². The average Bonchev–Trinajstić information content (AvgIpc) is 1.97. The molecule has 0 heterocycles. The summed E-state index contributed by atoms with van der Waals surface area (Å²) in [6.07, 6.45) is 7.37. The standard InChI is InChI=1S/C8H10O2/c1-3-5-9-7-8-10-6-4-2/h1H,5,7-8H2,2H3. The minimum absolute atomic E-state index is 0.336. The van der Waals surface area contributed by atoms with Gasteiger partial charge in [-0.1, -0.05) is 11.8 Å². The van der Waals surface area contributed by atoms with Gasteiger partial charge in [-0.3, -0.25) is 0 Å². The van der Waals surface area contributed by atoms with Gasteiger partial charge in [0.25, 0.3) is 0 Å². The van der Waals surface area contributed by atoms with Crippen LogP contribution in [-0.2, 0) is 9.47 Å². The topological polar surface area (TPSA) is 18.5 Å². The lowest BCUT2D eigenvalue weighted by Gasteiger charge is -1.96. The van der Waals surface area contributed by atoms with E-state index in [0.29, 0.717) is 19.8 Å². The molecule has 0 aromatic rings. The molecule has 54 valence electrons. The fourth-order valence-electron chi connectivity index (χ4n) is 0.355. The number of rotatable bonds is 4. The molecule has 0 aliphatic carbocycles. The summed E-state index contributed by atoms with van der Waals surface area (Å²) >= 11 is 0. The van der Waals surface area contributed by atoms with Gasteiger partial charge in [0.1, 0.15) is 19.3 Å². The summed E-state index contributed by atoms with van der Waals surface area (Å²) in [5.74, 6) is 4.94. The maximum Gasteiger partial charge on any atom is 0.123 e. The highest BCUT2D eigenvalue weighted by molar-refractivity contribution is 4.85. The van der Waals surface area contributed by atoms with E-state index in [-0.39, 0.29) is 0 Å².